The van der Waals surface area contributed by atoms with Crippen LogP contribution in [0.5, 0.6) is 0 Å². The van der Waals surface area contributed by atoms with Crippen LogP contribution in [0.25, 0.3) is 28.2 Å². The number of fused-ring (bicyclic) bond motifs is 1. The quantitative estimate of drug-likeness (QED) is 0.561. The molecule has 0 spiro atoms. The molecule has 0 aliphatic rings. The Hall–Kier alpha value is -3.30. The summed E-state index contributed by atoms with van der Waals surface area (Å²) in [6.45, 7) is 0. The monoisotopic (exact) mass is 332 g/mol. The average Bonchev–Trinajstić information content (AvgIpc) is 3.22. The number of aromatic nitrogens is 6. The van der Waals surface area contributed by atoms with Crippen molar-refractivity contribution in [1.29, 1.82) is 0 Å². The Morgan fingerprint density at radius 1 is 1.08 bits per heavy atom. The first-order chi connectivity index (χ1) is 11.5. The highest BCUT2D eigenvalue weighted by Gasteiger charge is 2.38. The Balaban J connectivity index is 1.78. The minimum Gasteiger partial charge on any atom is -0.329 e. The molecule has 0 saturated heterocycles. The molecule has 0 bridgehead atoms. The van der Waals surface area contributed by atoms with Crippen molar-refractivity contribution in [1.82, 2.24) is 29.9 Å². The SMILES string of the molecule is FC(F)(F)c1nc(-c2ccnc(-n3ncc4cccnc43)c2)no1. The Kier molecular flexibility index (Phi) is 3.05. The molecule has 4 rings (SSSR count). The second-order valence-electron chi connectivity index (χ2n) is 4.80. The van der Waals surface area contributed by atoms with Crippen LogP contribution in [0, 0.1) is 0 Å². The smallest absolute Gasteiger partial charge is 0.329 e. The molecule has 24 heavy (non-hydrogen) atoms. The maximum atomic E-state index is 12.6. The van der Waals surface area contributed by atoms with E-state index in [-0.39, 0.29) is 5.82 Å². The number of hydrogen-bond donors (Lipinski definition) is 0. The van der Waals surface area contributed by atoms with Gasteiger partial charge < -0.3 is 4.52 Å². The van der Waals surface area contributed by atoms with Gasteiger partial charge >= 0.3 is 12.1 Å². The van der Waals surface area contributed by atoms with E-state index in [1.165, 1.54) is 23.0 Å². The fraction of sp³-hybridized carbons (Fsp3) is 0.0714. The van der Waals surface area contributed by atoms with Gasteiger partial charge in [0.1, 0.15) is 0 Å². The van der Waals surface area contributed by atoms with Crippen LogP contribution in [0.2, 0.25) is 0 Å². The Labute approximate surface area is 131 Å². The Morgan fingerprint density at radius 2 is 1.96 bits per heavy atom. The largest absolute Gasteiger partial charge is 0.471 e. The summed E-state index contributed by atoms with van der Waals surface area (Å²) in [5, 5.41) is 8.36. The number of hydrogen-bond acceptors (Lipinski definition) is 6. The average molecular weight is 332 g/mol. The summed E-state index contributed by atoms with van der Waals surface area (Å²) < 4.78 is 43.4. The maximum absolute atomic E-state index is 12.6. The van der Waals surface area contributed by atoms with Crippen molar-refractivity contribution in [2.75, 3.05) is 0 Å². The molecule has 7 nitrogen and oxygen atoms in total. The van der Waals surface area contributed by atoms with E-state index in [9.17, 15) is 13.2 Å². The highest BCUT2D eigenvalue weighted by atomic mass is 19.4. The highest BCUT2D eigenvalue weighted by Crippen LogP contribution is 2.29. The molecule has 0 aromatic carbocycles. The zero-order chi connectivity index (χ0) is 16.7. The second kappa shape index (κ2) is 5.11. The molecule has 4 aromatic rings. The van der Waals surface area contributed by atoms with Gasteiger partial charge in [-0.25, -0.2) is 9.97 Å². The molecule has 0 unspecified atom stereocenters. The van der Waals surface area contributed by atoms with Crippen LogP contribution in [0.3, 0.4) is 0 Å². The fourth-order valence-corrected chi connectivity index (χ4v) is 2.16. The molecular weight excluding hydrogens is 325 g/mol. The molecule has 10 heteroatoms. The lowest BCUT2D eigenvalue weighted by Crippen LogP contribution is -2.05. The summed E-state index contributed by atoms with van der Waals surface area (Å²) in [4.78, 5) is 11.7. The number of halogens is 3. The summed E-state index contributed by atoms with van der Waals surface area (Å²) in [5.41, 5.74) is 0.894. The lowest BCUT2D eigenvalue weighted by Gasteiger charge is -2.03. The minimum absolute atomic E-state index is 0.185. The Morgan fingerprint density at radius 3 is 2.75 bits per heavy atom. The van der Waals surface area contributed by atoms with Crippen molar-refractivity contribution in [3.8, 4) is 17.2 Å². The summed E-state index contributed by atoms with van der Waals surface area (Å²) in [7, 11) is 0. The van der Waals surface area contributed by atoms with E-state index in [0.717, 1.165) is 5.39 Å². The fourth-order valence-electron chi connectivity index (χ4n) is 2.16. The first kappa shape index (κ1) is 14.3. The lowest BCUT2D eigenvalue weighted by atomic mass is 10.2. The van der Waals surface area contributed by atoms with Gasteiger partial charge in [-0.1, -0.05) is 5.16 Å². The van der Waals surface area contributed by atoms with Crippen molar-refractivity contribution in [2.24, 2.45) is 0 Å². The minimum atomic E-state index is -4.69. The van der Waals surface area contributed by atoms with Gasteiger partial charge in [-0.3, -0.25) is 0 Å². The van der Waals surface area contributed by atoms with Crippen LogP contribution in [0.1, 0.15) is 5.89 Å². The van der Waals surface area contributed by atoms with Crippen LogP contribution in [-0.4, -0.2) is 29.9 Å². The summed E-state index contributed by atoms with van der Waals surface area (Å²) in [5.74, 6) is -1.21. The summed E-state index contributed by atoms with van der Waals surface area (Å²) >= 11 is 0. The molecule has 0 saturated carbocycles. The number of alkyl halides is 3. The normalized spacial score (nSPS) is 12.0. The van der Waals surface area contributed by atoms with Crippen molar-refractivity contribution in [3.05, 3.63) is 48.7 Å². The van der Waals surface area contributed by atoms with Crippen LogP contribution < -0.4 is 0 Å². The van der Waals surface area contributed by atoms with E-state index in [4.69, 9.17) is 0 Å². The van der Waals surface area contributed by atoms with E-state index in [1.54, 1.807) is 18.5 Å². The van der Waals surface area contributed by atoms with Gasteiger partial charge in [-0.2, -0.15) is 27.9 Å². The lowest BCUT2D eigenvalue weighted by molar-refractivity contribution is -0.159. The standard InChI is InChI=1S/C14H7F3N6O/c15-14(16,17)13-21-11(22-24-13)8-3-5-18-10(6-8)23-12-9(7-20-23)2-1-4-19-12/h1-7H. The Bertz CT molecular complexity index is 1020. The van der Waals surface area contributed by atoms with Crippen LogP contribution in [0.4, 0.5) is 13.2 Å². The zero-order valence-electron chi connectivity index (χ0n) is 11.8. The molecule has 0 radical (unpaired) electrons. The molecule has 0 amide bonds. The van der Waals surface area contributed by atoms with Crippen LogP contribution >= 0.6 is 0 Å². The number of nitrogens with zero attached hydrogens (tertiary/aromatic N) is 6. The maximum Gasteiger partial charge on any atom is 0.471 e. The number of pyridine rings is 2. The van der Waals surface area contributed by atoms with E-state index >= 15 is 0 Å². The van der Waals surface area contributed by atoms with Gasteiger partial charge in [0.25, 0.3) is 0 Å². The molecule has 0 aliphatic carbocycles. The molecule has 4 heterocycles. The highest BCUT2D eigenvalue weighted by molar-refractivity contribution is 5.75. The predicted octanol–water partition coefficient (Wildman–Crippen LogP) is 2.88. The zero-order valence-corrected chi connectivity index (χ0v) is 11.8. The van der Waals surface area contributed by atoms with Crippen molar-refractivity contribution >= 4 is 11.0 Å². The van der Waals surface area contributed by atoms with Crippen LogP contribution in [-0.2, 0) is 6.18 Å². The molecule has 0 aliphatic heterocycles. The molecule has 0 atom stereocenters. The third-order valence-electron chi connectivity index (χ3n) is 3.22. The molecule has 0 fully saturated rings. The van der Waals surface area contributed by atoms with Crippen molar-refractivity contribution in [2.45, 2.75) is 6.18 Å². The molecule has 4 aromatic heterocycles. The van der Waals surface area contributed by atoms with Crippen molar-refractivity contribution in [3.63, 3.8) is 0 Å². The van der Waals surface area contributed by atoms with Gasteiger partial charge in [0.2, 0.25) is 5.82 Å². The van der Waals surface area contributed by atoms with Gasteiger partial charge in [-0.15, -0.1) is 0 Å². The van der Waals surface area contributed by atoms with Gasteiger partial charge in [0.15, 0.2) is 11.5 Å². The van der Waals surface area contributed by atoms with E-state index < -0.39 is 12.1 Å². The summed E-state index contributed by atoms with van der Waals surface area (Å²) in [6, 6.07) is 6.60. The van der Waals surface area contributed by atoms with E-state index in [0.29, 0.717) is 17.0 Å². The van der Waals surface area contributed by atoms with Gasteiger partial charge in [0, 0.05) is 23.3 Å². The first-order valence-corrected chi connectivity index (χ1v) is 6.69. The van der Waals surface area contributed by atoms with Gasteiger partial charge in [0.05, 0.1) is 6.20 Å². The number of rotatable bonds is 2. The van der Waals surface area contributed by atoms with E-state index in [1.807, 2.05) is 6.07 Å². The first-order valence-electron chi connectivity index (χ1n) is 6.69. The predicted molar refractivity (Wildman–Crippen MR) is 75.0 cm³/mol. The third-order valence-corrected chi connectivity index (χ3v) is 3.22. The van der Waals surface area contributed by atoms with Crippen LogP contribution in [0.15, 0.2) is 47.4 Å². The van der Waals surface area contributed by atoms with Gasteiger partial charge in [-0.05, 0) is 24.3 Å². The van der Waals surface area contributed by atoms with Crippen molar-refractivity contribution < 1.29 is 17.7 Å². The third kappa shape index (κ3) is 2.37. The molecular formula is C14H7F3N6O. The topological polar surface area (TPSA) is 82.5 Å². The van der Waals surface area contributed by atoms with E-state index in [2.05, 4.69) is 29.7 Å². The second-order valence-corrected chi connectivity index (χ2v) is 4.80. The summed E-state index contributed by atoms with van der Waals surface area (Å²) in [6.07, 6.45) is -0.0418. The molecule has 0 N–H and O–H groups in total. The molecule has 120 valence electrons.